The van der Waals surface area contributed by atoms with Gasteiger partial charge in [-0.1, -0.05) is 40.0 Å². The van der Waals surface area contributed by atoms with E-state index in [1.54, 1.807) is 20.8 Å². The second kappa shape index (κ2) is 32.3. The molecule has 0 aromatic heterocycles. The highest BCUT2D eigenvalue weighted by atomic mass is 20.0. The summed E-state index contributed by atoms with van der Waals surface area (Å²) in [6, 6.07) is -0.0612. The summed E-state index contributed by atoms with van der Waals surface area (Å²) in [5.41, 5.74) is 1.28. The number of rotatable bonds is 9. The Labute approximate surface area is 312 Å². The van der Waals surface area contributed by atoms with Crippen molar-refractivity contribution in [3.8, 4) is 0 Å². The van der Waals surface area contributed by atoms with Gasteiger partial charge in [0.25, 0.3) is 0 Å². The van der Waals surface area contributed by atoms with Gasteiger partial charge >= 0.3 is 18.3 Å². The van der Waals surface area contributed by atoms with Crippen molar-refractivity contribution in [3.63, 3.8) is 0 Å². The van der Waals surface area contributed by atoms with Crippen LogP contribution in [-0.2, 0) is 14.2 Å². The van der Waals surface area contributed by atoms with E-state index in [-0.39, 0.29) is 34.3 Å². The van der Waals surface area contributed by atoms with Crippen LogP contribution in [0.1, 0.15) is 141 Å². The number of hydrogen-bond acceptors (Lipinski definition) is 7. The first-order valence-corrected chi connectivity index (χ1v) is 16.9. The molecule has 0 atom stereocenters. The van der Waals surface area contributed by atoms with Crippen molar-refractivity contribution in [1.82, 2.24) is 15.8 Å². The van der Waals surface area contributed by atoms with Gasteiger partial charge in [-0.05, 0) is 118 Å². The Balaban J connectivity index is -0.000000175. The molecule has 0 aromatic carbocycles. The first kappa shape index (κ1) is 63.0. The highest BCUT2D eigenvalue weighted by molar-refractivity contribution is 5.75. The number of aliphatic hydroxyl groups excluding tert-OH is 1. The van der Waals surface area contributed by atoms with Crippen molar-refractivity contribution in [3.05, 3.63) is 0 Å². The van der Waals surface area contributed by atoms with Crippen molar-refractivity contribution >= 4 is 18.3 Å². The molecule has 2 aliphatic rings. The van der Waals surface area contributed by atoms with Crippen molar-refractivity contribution in [2.24, 2.45) is 16.7 Å². The fourth-order valence-electron chi connectivity index (χ4n) is 6.11. The average molecular weight is 824 g/mol. The molecule has 0 radical (unpaired) electrons. The Kier molecular flexibility index (Phi) is 37.6. The lowest BCUT2D eigenvalue weighted by molar-refractivity contribution is -0.0549. The Morgan fingerprint density at radius 2 is 1.02 bits per heavy atom. The molecule has 21 heteroatoms. The van der Waals surface area contributed by atoms with Crippen LogP contribution in [0.25, 0.3) is 0 Å². The van der Waals surface area contributed by atoms with Crippen LogP contribution < -0.4 is 10.7 Å². The van der Waals surface area contributed by atoms with Crippen LogP contribution in [0.2, 0.25) is 0 Å². The molecule has 2 rings (SSSR count). The molecule has 10 nitrogen and oxygen atoms in total. The monoisotopic (exact) mass is 823 g/mol. The summed E-state index contributed by atoms with van der Waals surface area (Å²) >= 11 is 0. The van der Waals surface area contributed by atoms with Crippen molar-refractivity contribution < 1.29 is 84.1 Å². The molecule has 0 heterocycles. The fraction of sp³-hybridized carbons (Fsp3) is 0.909. The van der Waals surface area contributed by atoms with Crippen LogP contribution >= 0.6 is 0 Å². The topological polar surface area (TPSA) is 126 Å². The molecule has 0 aliphatic heterocycles. The summed E-state index contributed by atoms with van der Waals surface area (Å²) in [6.45, 7) is 23.8. The van der Waals surface area contributed by atoms with Gasteiger partial charge in [0.1, 0.15) is 16.8 Å². The number of carbonyl (C=O) groups is 3. The van der Waals surface area contributed by atoms with E-state index in [9.17, 15) is 19.5 Å². The maximum Gasteiger partial charge on any atom is 0.429 e. The minimum Gasteiger partial charge on any atom is -0.444 e. The summed E-state index contributed by atoms with van der Waals surface area (Å²) in [4.78, 5) is 36.2. The van der Waals surface area contributed by atoms with E-state index in [1.807, 2.05) is 41.5 Å². The molecule has 0 bridgehead atoms. The number of amides is 3. The van der Waals surface area contributed by atoms with Crippen LogP contribution in [0.4, 0.5) is 64.8 Å². The van der Waals surface area contributed by atoms with Crippen LogP contribution in [0.15, 0.2) is 0 Å². The Morgan fingerprint density at radius 1 is 0.648 bits per heavy atom. The third-order valence-corrected chi connectivity index (χ3v) is 7.93. The van der Waals surface area contributed by atoms with E-state index >= 15 is 0 Å². The molecular formula is C33H64F11N3O7. The minimum atomic E-state index is -0.636. The number of halogens is 11. The van der Waals surface area contributed by atoms with E-state index in [2.05, 4.69) is 31.5 Å². The van der Waals surface area contributed by atoms with Gasteiger partial charge < -0.3 is 24.6 Å². The lowest BCUT2D eigenvalue weighted by atomic mass is 9.60. The van der Waals surface area contributed by atoms with E-state index in [4.69, 9.17) is 60.0 Å². The number of ether oxygens (including phenoxy) is 3. The standard InChI is InChI=1S/C19H36N2O4.C14H27NO3.5F2.FH/c1-9-11-19(10-2)12-14(13-19)21(16(23)25-18(6,7)8)20-15(22)24-17(3,4)5;1-5-6-14(10-16)7-11(8-14)9-15-12(17)18-13(2,3)4;5*1-2;/h14H,9-13H2,1-8H3,(H,20,22);11,16H,5-10H2,1-4H3,(H,15,17);;;;;;1H. The van der Waals surface area contributed by atoms with Gasteiger partial charge in [0, 0.05) is 58.9 Å². The zero-order valence-corrected chi connectivity index (χ0v) is 33.5. The van der Waals surface area contributed by atoms with Crippen molar-refractivity contribution in [1.29, 1.82) is 0 Å². The van der Waals surface area contributed by atoms with Gasteiger partial charge in [-0.25, -0.2) is 24.8 Å². The highest BCUT2D eigenvalue weighted by Gasteiger charge is 2.48. The van der Waals surface area contributed by atoms with Gasteiger partial charge in [-0.2, -0.15) is 0 Å². The zero-order chi connectivity index (χ0) is 43.3. The highest BCUT2D eigenvalue weighted by Crippen LogP contribution is 2.50. The van der Waals surface area contributed by atoms with Crippen LogP contribution in [-0.4, -0.2) is 64.4 Å². The van der Waals surface area contributed by atoms with E-state index < -0.39 is 29.0 Å². The van der Waals surface area contributed by atoms with Crippen LogP contribution in [0, 0.1) is 16.7 Å². The smallest absolute Gasteiger partial charge is 0.429 e. The minimum absolute atomic E-state index is 0. The SMILES string of the molecule is CCCC1(CC)CC(N(NC(=O)OC(C)(C)C)C(=O)OC(C)(C)C)C1.CCCC1(CO)CC(CNC(=O)OC(C)(C)C)C1.F.FF.FF.FF.FF.FF. The molecular weight excluding hydrogens is 759 g/mol. The van der Waals surface area contributed by atoms with Crippen molar-refractivity contribution in [2.45, 2.75) is 164 Å². The summed E-state index contributed by atoms with van der Waals surface area (Å²) < 4.78 is 95.9. The molecule has 0 spiro atoms. The van der Waals surface area contributed by atoms with E-state index in [1.165, 1.54) is 5.01 Å². The van der Waals surface area contributed by atoms with Gasteiger partial charge in [0.05, 0.1) is 6.04 Å². The maximum absolute atomic E-state index is 12.6. The predicted octanol–water partition coefficient (Wildman–Crippen LogP) is 12.1. The van der Waals surface area contributed by atoms with Gasteiger partial charge in [0.2, 0.25) is 0 Å². The fourth-order valence-corrected chi connectivity index (χ4v) is 6.11. The lowest BCUT2D eigenvalue weighted by Gasteiger charge is -2.51. The first-order chi connectivity index (χ1) is 24.6. The summed E-state index contributed by atoms with van der Waals surface area (Å²) in [6.07, 6.45) is 7.73. The summed E-state index contributed by atoms with van der Waals surface area (Å²) in [5.74, 6) is 0.483. The summed E-state index contributed by atoms with van der Waals surface area (Å²) in [5, 5.41) is 13.5. The van der Waals surface area contributed by atoms with Crippen LogP contribution in [0.5, 0.6) is 0 Å². The van der Waals surface area contributed by atoms with E-state index in [0.717, 1.165) is 57.8 Å². The van der Waals surface area contributed by atoms with Crippen molar-refractivity contribution in [2.75, 3.05) is 13.2 Å². The molecule has 54 heavy (non-hydrogen) atoms. The normalized spacial score (nSPS) is 20.6. The molecule has 3 amide bonds. The largest absolute Gasteiger partial charge is 0.444 e. The number of hydrogen-bond donors (Lipinski definition) is 3. The predicted molar refractivity (Wildman–Crippen MR) is 183 cm³/mol. The number of aliphatic hydroxyl groups is 1. The quantitative estimate of drug-likeness (QED) is 0.120. The Morgan fingerprint density at radius 3 is 1.35 bits per heavy atom. The maximum atomic E-state index is 12.6. The lowest BCUT2D eigenvalue weighted by Crippen LogP contribution is -2.60. The molecule has 0 aromatic rings. The number of hydrazine groups is 1. The number of nitrogens with zero attached hydrogens (tertiary/aromatic N) is 1. The van der Waals surface area contributed by atoms with Gasteiger partial charge in [0.15, 0.2) is 0 Å². The third kappa shape index (κ3) is 28.4. The zero-order valence-electron chi connectivity index (χ0n) is 33.5. The molecule has 330 valence electrons. The Hall–Kier alpha value is -3.00. The number of alkyl carbamates (subject to hydrolysis) is 1. The van der Waals surface area contributed by atoms with Crippen LogP contribution in [0.3, 0.4) is 0 Å². The second-order valence-electron chi connectivity index (χ2n) is 15.7. The summed E-state index contributed by atoms with van der Waals surface area (Å²) in [7, 11) is 0. The Bertz CT molecular complexity index is 929. The molecule has 3 N–H and O–H groups in total. The first-order valence-electron chi connectivity index (χ1n) is 16.9. The molecule has 2 fully saturated rings. The average Bonchev–Trinajstić information content (AvgIpc) is 3.05. The molecule has 0 saturated heterocycles. The molecule has 0 unspecified atom stereocenters. The molecule has 2 saturated carbocycles. The van der Waals surface area contributed by atoms with Gasteiger partial charge in [-0.15, -0.1) is 0 Å². The van der Waals surface area contributed by atoms with E-state index in [0.29, 0.717) is 12.5 Å². The number of carbonyl (C=O) groups excluding carboxylic acids is 3. The van der Waals surface area contributed by atoms with Gasteiger partial charge in [-0.3, -0.25) is 4.70 Å². The molecule has 2 aliphatic carbocycles. The number of nitrogens with one attached hydrogen (secondary N) is 2. The second-order valence-corrected chi connectivity index (χ2v) is 15.7. The third-order valence-electron chi connectivity index (χ3n) is 7.93.